The first-order chi connectivity index (χ1) is 6.74. The molecule has 2 rings (SSSR count). The third kappa shape index (κ3) is 1.23. The number of hydrogen-bond acceptors (Lipinski definition) is 2. The zero-order chi connectivity index (χ0) is 10.1. The molecule has 0 saturated heterocycles. The summed E-state index contributed by atoms with van der Waals surface area (Å²) in [6, 6.07) is 3.23. The van der Waals surface area contributed by atoms with Crippen LogP contribution in [0.2, 0.25) is 0 Å². The van der Waals surface area contributed by atoms with Gasteiger partial charge in [0.05, 0.1) is 5.69 Å². The molecule has 1 aromatic carbocycles. The lowest BCUT2D eigenvalue weighted by atomic mass is 9.99. The summed E-state index contributed by atoms with van der Waals surface area (Å²) in [5, 5.41) is 5.43. The van der Waals surface area contributed by atoms with Crippen molar-refractivity contribution < 1.29 is 9.18 Å². The van der Waals surface area contributed by atoms with Crippen LogP contribution in [0.15, 0.2) is 12.1 Å². The van der Waals surface area contributed by atoms with Crippen LogP contribution in [0.5, 0.6) is 0 Å². The highest BCUT2D eigenvalue weighted by molar-refractivity contribution is 5.97. The smallest absolute Gasteiger partial charge is 0.251 e. The number of benzene rings is 1. The maximum Gasteiger partial charge on any atom is 0.251 e. The maximum atomic E-state index is 13.7. The van der Waals surface area contributed by atoms with Crippen molar-refractivity contribution in [1.29, 1.82) is 0 Å². The summed E-state index contributed by atoms with van der Waals surface area (Å²) >= 11 is 0. The number of carbonyl (C=O) groups is 1. The molecule has 1 aliphatic rings. The zero-order valence-electron chi connectivity index (χ0n) is 7.86. The van der Waals surface area contributed by atoms with E-state index in [9.17, 15) is 9.18 Å². The lowest BCUT2D eigenvalue weighted by Gasteiger charge is -2.18. The molecule has 0 radical (unpaired) electrons. The number of rotatable bonds is 1. The molecule has 0 saturated carbocycles. The molecule has 0 fully saturated rings. The Morgan fingerprint density at radius 3 is 3.00 bits per heavy atom. The lowest BCUT2D eigenvalue weighted by Crippen LogP contribution is -2.32. The van der Waals surface area contributed by atoms with Gasteiger partial charge in [0, 0.05) is 24.7 Å². The van der Waals surface area contributed by atoms with Crippen molar-refractivity contribution in [3.8, 4) is 0 Å². The molecule has 2 N–H and O–H groups in total. The van der Waals surface area contributed by atoms with Crippen LogP contribution < -0.4 is 10.6 Å². The maximum absolute atomic E-state index is 13.7. The minimum Gasteiger partial charge on any atom is -0.386 e. The van der Waals surface area contributed by atoms with Crippen molar-refractivity contribution in [3.63, 3.8) is 0 Å². The lowest BCUT2D eigenvalue weighted by molar-refractivity contribution is 0.0945. The van der Waals surface area contributed by atoms with Gasteiger partial charge in [-0.1, -0.05) is 0 Å². The summed E-state index contributed by atoms with van der Waals surface area (Å²) in [7, 11) is 1.66. The third-order valence-corrected chi connectivity index (χ3v) is 2.42. The van der Waals surface area contributed by atoms with E-state index < -0.39 is 0 Å². The van der Waals surface area contributed by atoms with E-state index >= 15 is 0 Å². The van der Waals surface area contributed by atoms with E-state index in [1.807, 2.05) is 0 Å². The fourth-order valence-corrected chi connectivity index (χ4v) is 1.67. The normalized spacial score (nSPS) is 14.6. The van der Waals surface area contributed by atoms with E-state index in [-0.39, 0.29) is 11.7 Å². The van der Waals surface area contributed by atoms with E-state index in [1.165, 1.54) is 0 Å². The van der Waals surface area contributed by atoms with Crippen LogP contribution in [0.4, 0.5) is 10.1 Å². The van der Waals surface area contributed by atoms with Gasteiger partial charge in [0.2, 0.25) is 0 Å². The summed E-state index contributed by atoms with van der Waals surface area (Å²) in [5.74, 6) is -0.493. The van der Waals surface area contributed by atoms with Gasteiger partial charge in [-0.05, 0) is 18.6 Å². The molecule has 0 aromatic heterocycles. The molecule has 0 atom stereocenters. The zero-order valence-corrected chi connectivity index (χ0v) is 7.86. The van der Waals surface area contributed by atoms with E-state index in [2.05, 4.69) is 10.6 Å². The molecule has 3 nitrogen and oxygen atoms in total. The van der Waals surface area contributed by atoms with Gasteiger partial charge in [0.15, 0.2) is 0 Å². The summed E-state index contributed by atoms with van der Waals surface area (Å²) in [6.45, 7) is 0.510. The Morgan fingerprint density at radius 2 is 2.29 bits per heavy atom. The second-order valence-electron chi connectivity index (χ2n) is 3.21. The van der Waals surface area contributed by atoms with Crippen molar-refractivity contribution >= 4 is 11.6 Å². The average Bonchev–Trinajstić information content (AvgIpc) is 2.20. The highest BCUT2D eigenvalue weighted by Gasteiger charge is 2.21. The molecule has 0 spiro atoms. The van der Waals surface area contributed by atoms with Crippen LogP contribution in [0.3, 0.4) is 0 Å². The second kappa shape index (κ2) is 3.29. The van der Waals surface area contributed by atoms with Crippen LogP contribution in [0, 0.1) is 5.82 Å². The minimum atomic E-state index is -0.306. The van der Waals surface area contributed by atoms with Gasteiger partial charge in [-0.3, -0.25) is 4.79 Å². The van der Waals surface area contributed by atoms with Crippen LogP contribution in [-0.2, 0) is 6.42 Å². The van der Waals surface area contributed by atoms with Crippen molar-refractivity contribution in [3.05, 3.63) is 29.1 Å². The quantitative estimate of drug-likeness (QED) is 0.704. The number of nitrogens with one attached hydrogen (secondary N) is 2. The standard InChI is InChI=1S/C10H11FN2O/c1-12-8-3-2-7-6(9(8)11)4-5-13-10(7)14/h2-3,12H,4-5H2,1H3,(H,13,14). The first-order valence-electron chi connectivity index (χ1n) is 4.51. The number of fused-ring (bicyclic) bond motifs is 1. The highest BCUT2D eigenvalue weighted by Crippen LogP contribution is 2.23. The van der Waals surface area contributed by atoms with Gasteiger partial charge in [-0.15, -0.1) is 0 Å². The summed E-state index contributed by atoms with van der Waals surface area (Å²) in [6.07, 6.45) is 0.558. The second-order valence-corrected chi connectivity index (χ2v) is 3.21. The van der Waals surface area contributed by atoms with Gasteiger partial charge in [-0.25, -0.2) is 4.39 Å². The highest BCUT2D eigenvalue weighted by atomic mass is 19.1. The molecule has 0 bridgehead atoms. The number of carbonyl (C=O) groups excluding carboxylic acids is 1. The Balaban J connectivity index is 2.57. The fourth-order valence-electron chi connectivity index (χ4n) is 1.67. The first-order valence-corrected chi connectivity index (χ1v) is 4.51. The van der Waals surface area contributed by atoms with Crippen molar-refractivity contribution in [1.82, 2.24) is 5.32 Å². The van der Waals surface area contributed by atoms with Gasteiger partial charge in [-0.2, -0.15) is 0 Å². The van der Waals surface area contributed by atoms with Crippen LogP contribution in [0.1, 0.15) is 15.9 Å². The van der Waals surface area contributed by atoms with Gasteiger partial charge >= 0.3 is 0 Å². The van der Waals surface area contributed by atoms with Gasteiger partial charge < -0.3 is 10.6 Å². The molecule has 4 heteroatoms. The Morgan fingerprint density at radius 1 is 1.50 bits per heavy atom. The summed E-state index contributed by atoms with van der Waals surface area (Å²) in [5.41, 5.74) is 1.41. The van der Waals surface area contributed by atoms with Gasteiger partial charge in [0.25, 0.3) is 5.91 Å². The summed E-state index contributed by atoms with van der Waals surface area (Å²) in [4.78, 5) is 11.3. The molecule has 0 aliphatic carbocycles. The molecular formula is C10H11FN2O. The van der Waals surface area contributed by atoms with E-state index in [0.717, 1.165) is 0 Å². The fraction of sp³-hybridized carbons (Fsp3) is 0.300. The largest absolute Gasteiger partial charge is 0.386 e. The van der Waals surface area contributed by atoms with E-state index in [1.54, 1.807) is 19.2 Å². The van der Waals surface area contributed by atoms with E-state index in [0.29, 0.717) is 29.8 Å². The van der Waals surface area contributed by atoms with Crippen LogP contribution in [0.25, 0.3) is 0 Å². The Hall–Kier alpha value is -1.58. The van der Waals surface area contributed by atoms with E-state index in [4.69, 9.17) is 0 Å². The molecule has 1 aliphatic heterocycles. The topological polar surface area (TPSA) is 41.1 Å². The Kier molecular flexibility index (Phi) is 2.11. The predicted octanol–water partition coefficient (Wildman–Crippen LogP) is 1.15. The van der Waals surface area contributed by atoms with Gasteiger partial charge in [0.1, 0.15) is 5.82 Å². The predicted molar refractivity (Wildman–Crippen MR) is 52.0 cm³/mol. The van der Waals surface area contributed by atoms with Crippen molar-refractivity contribution in [2.75, 3.05) is 18.9 Å². The molecule has 1 amide bonds. The molecule has 1 aromatic rings. The van der Waals surface area contributed by atoms with Crippen LogP contribution >= 0.6 is 0 Å². The number of hydrogen-bond donors (Lipinski definition) is 2. The molecular weight excluding hydrogens is 183 g/mol. The SMILES string of the molecule is CNc1ccc2c(c1F)CCNC2=O. The Bertz CT molecular complexity index is 390. The molecule has 14 heavy (non-hydrogen) atoms. The van der Waals surface area contributed by atoms with Crippen molar-refractivity contribution in [2.24, 2.45) is 0 Å². The Labute approximate surface area is 81.3 Å². The first kappa shape index (κ1) is 8.99. The molecule has 74 valence electrons. The number of anilines is 1. The molecule has 0 unspecified atom stereocenters. The third-order valence-electron chi connectivity index (χ3n) is 2.42. The van der Waals surface area contributed by atoms with Crippen LogP contribution in [-0.4, -0.2) is 19.5 Å². The van der Waals surface area contributed by atoms with Crippen molar-refractivity contribution in [2.45, 2.75) is 6.42 Å². The number of amides is 1. The monoisotopic (exact) mass is 194 g/mol. The average molecular weight is 194 g/mol. The summed E-state index contributed by atoms with van der Waals surface area (Å²) < 4.78 is 13.7. The minimum absolute atomic E-state index is 0.187. The number of halogens is 1. The molecule has 1 heterocycles.